The van der Waals surface area contributed by atoms with Crippen LogP contribution in [0.25, 0.3) is 22.8 Å². The lowest BCUT2D eigenvalue weighted by Crippen LogP contribution is -1.79. The molecule has 0 saturated carbocycles. The summed E-state index contributed by atoms with van der Waals surface area (Å²) in [4.78, 5) is 0. The largest absolute Gasteiger partial charge is 0.0843 e. The molecule has 0 N–H and O–H groups in total. The average Bonchev–Trinajstić information content (AvgIpc) is 2.91. The molecule has 0 aliphatic heterocycles. The second kappa shape index (κ2) is 5.91. The van der Waals surface area contributed by atoms with Gasteiger partial charge in [0.25, 0.3) is 0 Å². The van der Waals surface area contributed by atoms with Gasteiger partial charge in [0.15, 0.2) is 0 Å². The van der Waals surface area contributed by atoms with E-state index < -0.39 is 0 Å². The molecule has 0 saturated heterocycles. The van der Waals surface area contributed by atoms with Crippen molar-refractivity contribution >= 4 is 23.3 Å². The highest BCUT2D eigenvalue weighted by Crippen LogP contribution is 2.43. The van der Waals surface area contributed by atoms with Gasteiger partial charge in [-0.3, -0.25) is 0 Å². The topological polar surface area (TPSA) is 0 Å². The van der Waals surface area contributed by atoms with E-state index in [4.69, 9.17) is 11.6 Å². The summed E-state index contributed by atoms with van der Waals surface area (Å²) in [5, 5.41) is 0.763. The van der Waals surface area contributed by atoms with Crippen LogP contribution in [0.15, 0.2) is 84.9 Å². The number of fused-ring (bicyclic) bond motifs is 3. The van der Waals surface area contributed by atoms with Gasteiger partial charge in [0.05, 0.1) is 0 Å². The second-order valence-electron chi connectivity index (χ2n) is 5.58. The Kier molecular flexibility index (Phi) is 3.61. The van der Waals surface area contributed by atoms with Gasteiger partial charge in [-0.15, -0.1) is 0 Å². The van der Waals surface area contributed by atoms with Gasteiger partial charge in [0, 0.05) is 5.02 Å². The molecule has 0 spiro atoms. The molecule has 1 aliphatic rings. The molecule has 0 amide bonds. The molecule has 3 aromatic rings. The van der Waals surface area contributed by atoms with Gasteiger partial charge >= 0.3 is 0 Å². The zero-order chi connectivity index (χ0) is 15.6. The first-order valence-electron chi connectivity index (χ1n) is 7.66. The lowest BCUT2D eigenvalue weighted by Gasteiger charge is -2.00. The Morgan fingerprint density at radius 1 is 0.609 bits per heavy atom. The van der Waals surface area contributed by atoms with Crippen molar-refractivity contribution in [2.24, 2.45) is 0 Å². The summed E-state index contributed by atoms with van der Waals surface area (Å²) in [6, 6.07) is 25.0. The van der Waals surface area contributed by atoms with Gasteiger partial charge in [-0.05, 0) is 45.5 Å². The normalized spacial score (nSPS) is 12.3. The lowest BCUT2D eigenvalue weighted by molar-refractivity contribution is 1.65. The first-order chi connectivity index (χ1) is 11.3. The summed E-state index contributed by atoms with van der Waals surface area (Å²) in [7, 11) is 0. The third-order valence-corrected chi connectivity index (χ3v) is 4.40. The van der Waals surface area contributed by atoms with E-state index >= 15 is 0 Å². The molecular weight excluding hydrogens is 300 g/mol. The van der Waals surface area contributed by atoms with Crippen LogP contribution >= 0.6 is 11.6 Å². The fourth-order valence-corrected chi connectivity index (χ4v) is 3.19. The minimum atomic E-state index is 0.763. The van der Waals surface area contributed by atoms with E-state index in [1.807, 2.05) is 24.3 Å². The average molecular weight is 315 g/mol. The van der Waals surface area contributed by atoms with Gasteiger partial charge in [0.1, 0.15) is 0 Å². The molecule has 0 radical (unpaired) electrons. The third-order valence-electron chi connectivity index (χ3n) is 4.15. The monoisotopic (exact) mass is 314 g/mol. The Morgan fingerprint density at radius 3 is 1.70 bits per heavy atom. The van der Waals surface area contributed by atoms with Crippen LogP contribution in [0, 0.1) is 0 Å². The van der Waals surface area contributed by atoms with Gasteiger partial charge < -0.3 is 0 Å². The molecule has 110 valence electrons. The zero-order valence-electron chi connectivity index (χ0n) is 12.5. The summed E-state index contributed by atoms with van der Waals surface area (Å²) in [6.07, 6.45) is 6.41. The van der Waals surface area contributed by atoms with E-state index in [9.17, 15) is 0 Å². The third kappa shape index (κ3) is 2.62. The lowest BCUT2D eigenvalue weighted by atomic mass is 10.0. The molecule has 1 heteroatoms. The van der Waals surface area contributed by atoms with Gasteiger partial charge in [-0.2, -0.15) is 0 Å². The minimum Gasteiger partial charge on any atom is -0.0843 e. The molecule has 23 heavy (non-hydrogen) atoms. The number of rotatable bonds is 2. The molecule has 0 bridgehead atoms. The SMILES string of the molecule is Clc1ccc(/C=C/C=C2c3ccccc3-c3ccccc32)cc1. The van der Waals surface area contributed by atoms with E-state index in [1.54, 1.807) is 0 Å². The first kappa shape index (κ1) is 14.0. The number of benzene rings is 3. The number of halogens is 1. The predicted octanol–water partition coefficient (Wildman–Crippen LogP) is 6.47. The maximum Gasteiger partial charge on any atom is 0.0406 e. The Hall–Kier alpha value is -2.57. The molecule has 0 aromatic heterocycles. The van der Waals surface area contributed by atoms with Crippen LogP contribution in [-0.4, -0.2) is 0 Å². The van der Waals surface area contributed by atoms with Crippen molar-refractivity contribution in [3.8, 4) is 11.1 Å². The molecule has 4 rings (SSSR count). The second-order valence-corrected chi connectivity index (χ2v) is 6.02. The van der Waals surface area contributed by atoms with E-state index in [0.29, 0.717) is 0 Å². The molecular formula is C22H15Cl. The van der Waals surface area contributed by atoms with Crippen LogP contribution in [0.5, 0.6) is 0 Å². The van der Waals surface area contributed by atoms with Gasteiger partial charge in [0.2, 0.25) is 0 Å². The fraction of sp³-hybridized carbons (Fsp3) is 0. The van der Waals surface area contributed by atoms with Crippen molar-refractivity contribution < 1.29 is 0 Å². The van der Waals surface area contributed by atoms with Gasteiger partial charge in [-0.1, -0.05) is 90.5 Å². The first-order valence-corrected chi connectivity index (χ1v) is 8.04. The molecule has 1 aliphatic carbocycles. The number of hydrogen-bond acceptors (Lipinski definition) is 0. The quantitative estimate of drug-likeness (QED) is 0.398. The predicted molar refractivity (Wildman–Crippen MR) is 99.4 cm³/mol. The van der Waals surface area contributed by atoms with Crippen molar-refractivity contribution in [1.82, 2.24) is 0 Å². The van der Waals surface area contributed by atoms with E-state index in [-0.39, 0.29) is 0 Å². The Bertz CT molecular complexity index is 867. The smallest absolute Gasteiger partial charge is 0.0406 e. The fourth-order valence-electron chi connectivity index (χ4n) is 3.06. The summed E-state index contributed by atoms with van der Waals surface area (Å²) in [6.45, 7) is 0. The number of allylic oxidation sites excluding steroid dienone is 2. The summed E-state index contributed by atoms with van der Waals surface area (Å²) in [5.74, 6) is 0. The highest BCUT2D eigenvalue weighted by molar-refractivity contribution is 6.30. The summed E-state index contributed by atoms with van der Waals surface area (Å²) in [5.41, 5.74) is 7.65. The maximum absolute atomic E-state index is 5.93. The molecule has 0 nitrogen and oxygen atoms in total. The number of hydrogen-bond donors (Lipinski definition) is 0. The summed E-state index contributed by atoms with van der Waals surface area (Å²) < 4.78 is 0. The van der Waals surface area contributed by atoms with Crippen LogP contribution in [0.3, 0.4) is 0 Å². The van der Waals surface area contributed by atoms with Crippen LogP contribution in [0.2, 0.25) is 5.02 Å². The van der Waals surface area contributed by atoms with Crippen molar-refractivity contribution in [3.05, 3.63) is 107 Å². The molecule has 0 heterocycles. The van der Waals surface area contributed by atoms with Crippen molar-refractivity contribution in [1.29, 1.82) is 0 Å². The molecule has 0 fully saturated rings. The highest BCUT2D eigenvalue weighted by atomic mass is 35.5. The van der Waals surface area contributed by atoms with E-state index in [1.165, 1.54) is 27.8 Å². The van der Waals surface area contributed by atoms with Crippen molar-refractivity contribution in [2.45, 2.75) is 0 Å². The van der Waals surface area contributed by atoms with Crippen LogP contribution < -0.4 is 0 Å². The molecule has 0 atom stereocenters. The van der Waals surface area contributed by atoms with E-state index in [0.717, 1.165) is 10.6 Å². The standard InChI is InChI=1S/C22H15Cl/c23-17-14-12-16(13-15-17)6-5-11-22-20-9-3-1-7-18(20)19-8-2-4-10-21(19)22/h1-15H/b6-5+. The molecule has 3 aromatic carbocycles. The van der Waals surface area contributed by atoms with Crippen molar-refractivity contribution in [3.63, 3.8) is 0 Å². The maximum atomic E-state index is 5.93. The zero-order valence-corrected chi connectivity index (χ0v) is 13.3. The molecule has 0 unspecified atom stereocenters. The van der Waals surface area contributed by atoms with Crippen LogP contribution in [0.1, 0.15) is 16.7 Å². The van der Waals surface area contributed by atoms with Crippen LogP contribution in [-0.2, 0) is 0 Å². The Balaban J connectivity index is 1.75. The Morgan fingerprint density at radius 2 is 1.13 bits per heavy atom. The minimum absolute atomic E-state index is 0.763. The highest BCUT2D eigenvalue weighted by Gasteiger charge is 2.21. The summed E-state index contributed by atoms with van der Waals surface area (Å²) >= 11 is 5.93. The van der Waals surface area contributed by atoms with E-state index in [2.05, 4.69) is 66.8 Å². The Labute approximate surface area is 141 Å². The van der Waals surface area contributed by atoms with Crippen LogP contribution in [0.4, 0.5) is 0 Å². The van der Waals surface area contributed by atoms with Crippen molar-refractivity contribution in [2.75, 3.05) is 0 Å². The van der Waals surface area contributed by atoms with Gasteiger partial charge in [-0.25, -0.2) is 0 Å².